The summed E-state index contributed by atoms with van der Waals surface area (Å²) in [4.78, 5) is 17.7. The van der Waals surface area contributed by atoms with Crippen molar-refractivity contribution < 1.29 is 4.79 Å². The zero-order chi connectivity index (χ0) is 19.0. The number of piperazine rings is 1. The molecule has 1 atom stereocenters. The van der Waals surface area contributed by atoms with E-state index in [4.69, 9.17) is 0 Å². The van der Waals surface area contributed by atoms with E-state index in [1.54, 1.807) is 0 Å². The van der Waals surface area contributed by atoms with E-state index in [-0.39, 0.29) is 5.91 Å². The molecule has 1 heterocycles. The molecule has 1 fully saturated rings. The number of hydrogen-bond acceptors (Lipinski definition) is 3. The van der Waals surface area contributed by atoms with Crippen molar-refractivity contribution in [2.24, 2.45) is 0 Å². The third-order valence-electron chi connectivity index (χ3n) is 5.86. The Bertz CT molecular complexity index is 859. The van der Waals surface area contributed by atoms with Gasteiger partial charge in [-0.2, -0.15) is 0 Å². The van der Waals surface area contributed by atoms with Gasteiger partial charge in [-0.15, -0.1) is 0 Å². The molecule has 0 radical (unpaired) electrons. The second-order valence-corrected chi connectivity index (χ2v) is 8.89. The van der Waals surface area contributed by atoms with E-state index in [0.717, 1.165) is 47.4 Å². The third kappa shape index (κ3) is 4.05. The van der Waals surface area contributed by atoms with Crippen LogP contribution in [-0.2, 0) is 6.42 Å². The lowest BCUT2D eigenvalue weighted by Gasteiger charge is -2.36. The number of anilines is 1. The number of benzene rings is 2. The Morgan fingerprint density at radius 2 is 1.89 bits per heavy atom. The number of carbonyl (C=O) groups excluding carboxylic acids is 1. The molecule has 2 aliphatic rings. The molecule has 4 rings (SSSR count). The van der Waals surface area contributed by atoms with E-state index in [2.05, 4.69) is 63.8 Å². The monoisotopic (exact) mass is 475 g/mol. The number of halogens is 1. The summed E-state index contributed by atoms with van der Waals surface area (Å²) in [6, 6.07) is 12.8. The van der Waals surface area contributed by atoms with Crippen molar-refractivity contribution in [3.63, 3.8) is 0 Å². The number of nitrogens with zero attached hydrogens (tertiary/aromatic N) is 2. The largest absolute Gasteiger partial charge is 0.322 e. The summed E-state index contributed by atoms with van der Waals surface area (Å²) in [5, 5.41) is 3.04. The first-order valence-electron chi connectivity index (χ1n) is 9.64. The minimum Gasteiger partial charge on any atom is -0.322 e. The van der Waals surface area contributed by atoms with Crippen LogP contribution in [0.4, 0.5) is 5.69 Å². The SMILES string of the molecule is Cc1ccc(NC(=O)c2ccc3c(c2)CC[C@@H]3N2CCN(C)CC2)cc1I. The molecule has 0 spiro atoms. The van der Waals surface area contributed by atoms with Crippen LogP contribution >= 0.6 is 22.6 Å². The second-order valence-electron chi connectivity index (χ2n) is 7.73. The highest BCUT2D eigenvalue weighted by atomic mass is 127. The molecular formula is C22H26IN3O. The van der Waals surface area contributed by atoms with Gasteiger partial charge in [0.05, 0.1) is 0 Å². The van der Waals surface area contributed by atoms with Crippen molar-refractivity contribution in [1.82, 2.24) is 9.80 Å². The average molecular weight is 475 g/mol. The van der Waals surface area contributed by atoms with Crippen LogP contribution in [0.1, 0.15) is 39.5 Å². The Hall–Kier alpha value is -1.44. The zero-order valence-corrected chi connectivity index (χ0v) is 18.1. The van der Waals surface area contributed by atoms with E-state index < -0.39 is 0 Å². The quantitative estimate of drug-likeness (QED) is 0.680. The number of hydrogen-bond donors (Lipinski definition) is 1. The maximum absolute atomic E-state index is 12.7. The minimum atomic E-state index is -0.0273. The lowest BCUT2D eigenvalue weighted by Crippen LogP contribution is -2.45. The van der Waals surface area contributed by atoms with Gasteiger partial charge >= 0.3 is 0 Å². The lowest BCUT2D eigenvalue weighted by atomic mass is 10.0. The van der Waals surface area contributed by atoms with Crippen molar-refractivity contribution in [2.75, 3.05) is 38.5 Å². The van der Waals surface area contributed by atoms with Gasteiger partial charge in [0.1, 0.15) is 0 Å². The Kier molecular flexibility index (Phi) is 5.53. The first-order valence-corrected chi connectivity index (χ1v) is 10.7. The maximum Gasteiger partial charge on any atom is 0.255 e. The van der Waals surface area contributed by atoms with E-state index >= 15 is 0 Å². The van der Waals surface area contributed by atoms with Crippen LogP contribution in [0.15, 0.2) is 36.4 Å². The summed E-state index contributed by atoms with van der Waals surface area (Å²) in [5.74, 6) is -0.0273. The molecule has 0 unspecified atom stereocenters. The van der Waals surface area contributed by atoms with Gasteiger partial charge in [-0.05, 0) is 90.4 Å². The van der Waals surface area contributed by atoms with Crippen molar-refractivity contribution in [1.29, 1.82) is 0 Å². The van der Waals surface area contributed by atoms with Gasteiger partial charge in [-0.3, -0.25) is 9.69 Å². The Labute approximate surface area is 175 Å². The average Bonchev–Trinajstić information content (AvgIpc) is 3.08. The van der Waals surface area contributed by atoms with E-state index in [9.17, 15) is 4.79 Å². The molecule has 1 aliphatic heterocycles. The second kappa shape index (κ2) is 7.89. The number of nitrogens with one attached hydrogen (secondary N) is 1. The predicted octanol–water partition coefficient (Wildman–Crippen LogP) is 4.09. The van der Waals surface area contributed by atoms with Gasteiger partial charge in [0.25, 0.3) is 5.91 Å². The van der Waals surface area contributed by atoms with Gasteiger partial charge in [-0.1, -0.05) is 12.1 Å². The van der Waals surface area contributed by atoms with Gasteiger partial charge < -0.3 is 10.2 Å². The van der Waals surface area contributed by atoms with Crippen molar-refractivity contribution >= 4 is 34.2 Å². The highest BCUT2D eigenvalue weighted by Gasteiger charge is 2.30. The van der Waals surface area contributed by atoms with Gasteiger partial charge in [0, 0.05) is 47.0 Å². The standard InChI is InChI=1S/C22H26IN3O/c1-15-3-6-18(14-20(15)23)24-22(27)17-4-7-19-16(13-17)5-8-21(19)26-11-9-25(2)10-12-26/h3-4,6-7,13-14,21H,5,8-12H2,1-2H3,(H,24,27)/t21-/m0/s1. The normalized spacial score (nSPS) is 20.5. The number of carbonyl (C=O) groups is 1. The summed E-state index contributed by atoms with van der Waals surface area (Å²) in [6.07, 6.45) is 2.23. The fourth-order valence-corrected chi connectivity index (χ4v) is 4.64. The fraction of sp³-hybridized carbons (Fsp3) is 0.409. The number of likely N-dealkylation sites (N-methyl/N-ethyl adjacent to an activating group) is 1. The van der Waals surface area contributed by atoms with Gasteiger partial charge in [-0.25, -0.2) is 0 Å². The lowest BCUT2D eigenvalue weighted by molar-refractivity contribution is 0.102. The maximum atomic E-state index is 12.7. The summed E-state index contributed by atoms with van der Waals surface area (Å²) in [6.45, 7) is 6.62. The van der Waals surface area contributed by atoms with Crippen LogP contribution in [0, 0.1) is 10.5 Å². The molecule has 2 aromatic carbocycles. The van der Waals surface area contributed by atoms with Crippen molar-refractivity contribution in [3.8, 4) is 0 Å². The van der Waals surface area contributed by atoms with Gasteiger partial charge in [0.15, 0.2) is 0 Å². The molecule has 4 nitrogen and oxygen atoms in total. The molecule has 2 aromatic rings. The number of rotatable bonds is 3. The van der Waals surface area contributed by atoms with Gasteiger partial charge in [0.2, 0.25) is 0 Å². The number of aryl methyl sites for hydroxylation is 2. The minimum absolute atomic E-state index is 0.0273. The van der Waals surface area contributed by atoms with Crippen molar-refractivity contribution in [2.45, 2.75) is 25.8 Å². The zero-order valence-electron chi connectivity index (χ0n) is 16.0. The van der Waals surface area contributed by atoms with Crippen LogP contribution < -0.4 is 5.32 Å². The molecule has 0 aromatic heterocycles. The molecule has 1 amide bonds. The summed E-state index contributed by atoms with van der Waals surface area (Å²) >= 11 is 2.30. The van der Waals surface area contributed by atoms with E-state index in [1.807, 2.05) is 24.3 Å². The third-order valence-corrected chi connectivity index (χ3v) is 7.02. The number of amides is 1. The molecule has 1 aliphatic carbocycles. The van der Waals surface area contributed by atoms with E-state index in [0.29, 0.717) is 6.04 Å². The van der Waals surface area contributed by atoms with Crippen LogP contribution in [0.5, 0.6) is 0 Å². The summed E-state index contributed by atoms with van der Waals surface area (Å²) in [7, 11) is 2.19. The van der Waals surface area contributed by atoms with Crippen LogP contribution in [-0.4, -0.2) is 48.9 Å². The molecular weight excluding hydrogens is 449 g/mol. The number of fused-ring (bicyclic) bond motifs is 1. The highest BCUT2D eigenvalue weighted by molar-refractivity contribution is 14.1. The Morgan fingerprint density at radius 1 is 1.11 bits per heavy atom. The molecule has 27 heavy (non-hydrogen) atoms. The first-order chi connectivity index (χ1) is 13.0. The van der Waals surface area contributed by atoms with Crippen LogP contribution in [0.25, 0.3) is 0 Å². The molecule has 1 N–H and O–H groups in total. The van der Waals surface area contributed by atoms with Crippen LogP contribution in [0.3, 0.4) is 0 Å². The smallest absolute Gasteiger partial charge is 0.255 e. The topological polar surface area (TPSA) is 35.6 Å². The Balaban J connectivity index is 1.48. The predicted molar refractivity (Wildman–Crippen MR) is 118 cm³/mol. The summed E-state index contributed by atoms with van der Waals surface area (Å²) in [5.41, 5.74) is 5.58. The molecule has 0 saturated carbocycles. The van der Waals surface area contributed by atoms with E-state index in [1.165, 1.54) is 23.1 Å². The molecule has 142 valence electrons. The van der Waals surface area contributed by atoms with Crippen molar-refractivity contribution in [3.05, 3.63) is 62.2 Å². The first kappa shape index (κ1) is 18.9. The molecule has 1 saturated heterocycles. The Morgan fingerprint density at radius 3 is 2.63 bits per heavy atom. The fourth-order valence-electron chi connectivity index (χ4n) is 4.12. The summed E-state index contributed by atoms with van der Waals surface area (Å²) < 4.78 is 1.16. The molecule has 5 heteroatoms. The highest BCUT2D eigenvalue weighted by Crippen LogP contribution is 2.36. The molecule has 0 bridgehead atoms. The van der Waals surface area contributed by atoms with Crippen LogP contribution in [0.2, 0.25) is 0 Å².